The van der Waals surface area contributed by atoms with Crippen LogP contribution in [0.25, 0.3) is 0 Å². The van der Waals surface area contributed by atoms with E-state index in [9.17, 15) is 9.59 Å². The molecule has 1 unspecified atom stereocenters. The SMILES string of the molecule is CC1=CCOC1=O.CCC12OC(=O)/C(=C/O)C=C1CCCC2(C)C. The van der Waals surface area contributed by atoms with Gasteiger partial charge in [-0.2, -0.15) is 0 Å². The molecule has 3 rings (SSSR count). The van der Waals surface area contributed by atoms with Crippen LogP contribution in [-0.2, 0) is 19.1 Å². The van der Waals surface area contributed by atoms with E-state index in [1.807, 2.05) is 6.08 Å². The molecule has 0 saturated heterocycles. The zero-order valence-electron chi connectivity index (χ0n) is 14.8. The Kier molecular flexibility index (Phi) is 5.21. The molecule has 1 fully saturated rings. The maximum atomic E-state index is 11.8. The fourth-order valence-corrected chi connectivity index (χ4v) is 3.72. The van der Waals surface area contributed by atoms with Crippen molar-refractivity contribution >= 4 is 11.9 Å². The summed E-state index contributed by atoms with van der Waals surface area (Å²) in [7, 11) is 0. The predicted molar refractivity (Wildman–Crippen MR) is 90.3 cm³/mol. The molecule has 0 bridgehead atoms. The molecule has 0 aromatic rings. The average Bonchev–Trinajstić information content (AvgIpc) is 2.91. The Bertz CT molecular complexity index is 624. The molecular formula is C19H26O5. The molecule has 2 heterocycles. The summed E-state index contributed by atoms with van der Waals surface area (Å²) in [6, 6.07) is 0. The molecular weight excluding hydrogens is 308 g/mol. The van der Waals surface area contributed by atoms with Gasteiger partial charge in [0.1, 0.15) is 12.2 Å². The van der Waals surface area contributed by atoms with Crippen molar-refractivity contribution in [1.29, 1.82) is 0 Å². The summed E-state index contributed by atoms with van der Waals surface area (Å²) in [5.74, 6) is -0.590. The summed E-state index contributed by atoms with van der Waals surface area (Å²) in [6.07, 6.45) is 8.33. The lowest BCUT2D eigenvalue weighted by Crippen LogP contribution is -2.53. The lowest BCUT2D eigenvalue weighted by Gasteiger charge is -2.52. The summed E-state index contributed by atoms with van der Waals surface area (Å²) in [5.41, 5.74) is 1.62. The first-order chi connectivity index (χ1) is 11.3. The number of aliphatic hydroxyl groups is 1. The monoisotopic (exact) mass is 334 g/mol. The standard InChI is InChI=1S/C14H20O3.C5H6O2/c1-4-14-11(6-5-7-13(14,2)3)8-10(9-15)12(16)17-14;1-4-2-3-7-5(4)6/h8-9,15H,4-7H2,1-3H3;2H,3H2,1H3/b10-9+;. The molecule has 1 atom stereocenters. The molecule has 2 aliphatic heterocycles. The van der Waals surface area contributed by atoms with E-state index in [0.29, 0.717) is 6.61 Å². The number of esters is 2. The number of cyclic esters (lactones) is 1. The normalized spacial score (nSPS) is 29.6. The van der Waals surface area contributed by atoms with Gasteiger partial charge in [0, 0.05) is 11.0 Å². The molecule has 1 N–H and O–H groups in total. The quantitative estimate of drug-likeness (QED) is 0.449. The van der Waals surface area contributed by atoms with Crippen molar-refractivity contribution in [3.8, 4) is 0 Å². The van der Waals surface area contributed by atoms with Crippen molar-refractivity contribution in [3.05, 3.63) is 35.1 Å². The van der Waals surface area contributed by atoms with E-state index >= 15 is 0 Å². The number of hydrogen-bond donors (Lipinski definition) is 1. The van der Waals surface area contributed by atoms with Gasteiger partial charge in [0.25, 0.3) is 0 Å². The molecule has 1 aliphatic carbocycles. The van der Waals surface area contributed by atoms with Gasteiger partial charge < -0.3 is 14.6 Å². The Labute approximate surface area is 143 Å². The Balaban J connectivity index is 0.000000249. The van der Waals surface area contributed by atoms with Gasteiger partial charge in [-0.25, -0.2) is 9.59 Å². The second-order valence-electron chi connectivity index (χ2n) is 7.05. The van der Waals surface area contributed by atoms with E-state index in [0.717, 1.165) is 43.1 Å². The van der Waals surface area contributed by atoms with Crippen LogP contribution in [0, 0.1) is 5.41 Å². The van der Waals surface area contributed by atoms with Gasteiger partial charge in [-0.15, -0.1) is 0 Å². The number of aliphatic hydroxyl groups excluding tert-OH is 1. The largest absolute Gasteiger partial charge is 0.515 e. The van der Waals surface area contributed by atoms with Crippen LogP contribution in [0.4, 0.5) is 0 Å². The third kappa shape index (κ3) is 3.12. The van der Waals surface area contributed by atoms with Gasteiger partial charge >= 0.3 is 11.9 Å². The van der Waals surface area contributed by atoms with Gasteiger partial charge in [0.15, 0.2) is 0 Å². The Morgan fingerprint density at radius 1 is 1.29 bits per heavy atom. The summed E-state index contributed by atoms with van der Waals surface area (Å²) in [5, 5.41) is 9.03. The van der Waals surface area contributed by atoms with Gasteiger partial charge in [-0.05, 0) is 50.3 Å². The maximum Gasteiger partial charge on any atom is 0.342 e. The highest BCUT2D eigenvalue weighted by Crippen LogP contribution is 2.53. The molecule has 1 saturated carbocycles. The summed E-state index contributed by atoms with van der Waals surface area (Å²) in [4.78, 5) is 22.1. The smallest absolute Gasteiger partial charge is 0.342 e. The van der Waals surface area contributed by atoms with Crippen LogP contribution in [0.3, 0.4) is 0 Å². The minimum absolute atomic E-state index is 0.0392. The highest BCUT2D eigenvalue weighted by Gasteiger charge is 2.53. The topological polar surface area (TPSA) is 72.8 Å². The van der Waals surface area contributed by atoms with Crippen LogP contribution in [0.15, 0.2) is 35.1 Å². The van der Waals surface area contributed by atoms with E-state index < -0.39 is 11.6 Å². The van der Waals surface area contributed by atoms with Crippen molar-refractivity contribution in [2.75, 3.05) is 6.61 Å². The van der Waals surface area contributed by atoms with Gasteiger partial charge in [0.05, 0.1) is 11.8 Å². The zero-order valence-corrected chi connectivity index (χ0v) is 14.8. The van der Waals surface area contributed by atoms with Gasteiger partial charge in [-0.3, -0.25) is 0 Å². The van der Waals surface area contributed by atoms with E-state index in [4.69, 9.17) is 9.84 Å². The van der Waals surface area contributed by atoms with Crippen molar-refractivity contribution < 1.29 is 24.2 Å². The molecule has 0 amide bonds. The van der Waals surface area contributed by atoms with Crippen molar-refractivity contribution in [2.45, 2.75) is 59.0 Å². The van der Waals surface area contributed by atoms with Crippen LogP contribution in [0.5, 0.6) is 0 Å². The van der Waals surface area contributed by atoms with E-state index in [2.05, 4.69) is 25.5 Å². The second kappa shape index (κ2) is 6.83. The molecule has 132 valence electrons. The van der Waals surface area contributed by atoms with Crippen LogP contribution in [0.2, 0.25) is 0 Å². The van der Waals surface area contributed by atoms with Crippen LogP contribution in [-0.4, -0.2) is 29.3 Å². The molecule has 0 spiro atoms. The molecule has 3 aliphatic rings. The number of ether oxygens (including phenoxy) is 2. The molecule has 5 heteroatoms. The first kappa shape index (κ1) is 18.3. The highest BCUT2D eigenvalue weighted by atomic mass is 16.6. The lowest BCUT2D eigenvalue weighted by molar-refractivity contribution is -0.169. The predicted octanol–water partition coefficient (Wildman–Crippen LogP) is 3.76. The Morgan fingerprint density at radius 3 is 2.46 bits per heavy atom. The first-order valence-electron chi connectivity index (χ1n) is 8.40. The number of hydrogen-bond acceptors (Lipinski definition) is 5. The van der Waals surface area contributed by atoms with Gasteiger partial charge in [-0.1, -0.05) is 20.8 Å². The molecule has 24 heavy (non-hydrogen) atoms. The number of carbonyl (C=O) groups is 2. The molecule has 5 nitrogen and oxygen atoms in total. The minimum atomic E-state index is -0.477. The van der Waals surface area contributed by atoms with Crippen LogP contribution in [0.1, 0.15) is 53.4 Å². The van der Waals surface area contributed by atoms with Gasteiger partial charge in [0.2, 0.25) is 0 Å². The maximum absolute atomic E-state index is 11.8. The van der Waals surface area contributed by atoms with Crippen molar-refractivity contribution in [1.82, 2.24) is 0 Å². The van der Waals surface area contributed by atoms with E-state index in [1.165, 1.54) is 0 Å². The number of fused-ring (bicyclic) bond motifs is 1. The average molecular weight is 334 g/mol. The molecule has 0 radical (unpaired) electrons. The van der Waals surface area contributed by atoms with E-state index in [1.54, 1.807) is 13.0 Å². The van der Waals surface area contributed by atoms with Crippen LogP contribution >= 0.6 is 0 Å². The third-order valence-electron chi connectivity index (χ3n) is 5.26. The molecule has 0 aromatic heterocycles. The summed E-state index contributed by atoms with van der Waals surface area (Å²) >= 11 is 0. The Hall–Kier alpha value is -2.04. The van der Waals surface area contributed by atoms with Crippen molar-refractivity contribution in [2.24, 2.45) is 5.41 Å². The fourth-order valence-electron chi connectivity index (χ4n) is 3.72. The lowest BCUT2D eigenvalue weighted by atomic mass is 9.60. The Morgan fingerprint density at radius 2 is 2.00 bits per heavy atom. The molecule has 0 aromatic carbocycles. The first-order valence-corrected chi connectivity index (χ1v) is 8.40. The van der Waals surface area contributed by atoms with Crippen LogP contribution < -0.4 is 0 Å². The second-order valence-corrected chi connectivity index (χ2v) is 7.05. The number of rotatable bonds is 1. The highest BCUT2D eigenvalue weighted by molar-refractivity contribution is 5.93. The number of carbonyl (C=O) groups excluding carboxylic acids is 2. The summed E-state index contributed by atoms with van der Waals surface area (Å²) in [6.45, 7) is 8.58. The zero-order chi connectivity index (χ0) is 18.0. The fraction of sp³-hybridized carbons (Fsp3) is 0.579. The van der Waals surface area contributed by atoms with E-state index in [-0.39, 0.29) is 17.0 Å². The minimum Gasteiger partial charge on any atom is -0.515 e. The van der Waals surface area contributed by atoms with Crippen molar-refractivity contribution in [3.63, 3.8) is 0 Å². The third-order valence-corrected chi connectivity index (χ3v) is 5.26. The summed E-state index contributed by atoms with van der Waals surface area (Å²) < 4.78 is 10.2.